The van der Waals surface area contributed by atoms with E-state index < -0.39 is 11.7 Å². The summed E-state index contributed by atoms with van der Waals surface area (Å²) in [5.74, 6) is 0.576. The molecule has 0 heterocycles. The van der Waals surface area contributed by atoms with Gasteiger partial charge in [0.05, 0.1) is 6.54 Å². The van der Waals surface area contributed by atoms with Crippen molar-refractivity contribution < 1.29 is 9.53 Å². The number of carbonyl (C=O) groups excluding carboxylic acids is 1. The van der Waals surface area contributed by atoms with Crippen molar-refractivity contribution in [1.82, 2.24) is 5.32 Å². The van der Waals surface area contributed by atoms with Gasteiger partial charge in [-0.05, 0) is 38.1 Å². The second kappa shape index (κ2) is 7.11. The Kier molecular flexibility index (Phi) is 5.78. The van der Waals surface area contributed by atoms with Gasteiger partial charge in [-0.1, -0.05) is 24.4 Å². The molecule has 0 spiro atoms. The minimum atomic E-state index is -0.761. The summed E-state index contributed by atoms with van der Waals surface area (Å²) in [7, 11) is 0. The number of azide groups is 1. The average Bonchev–Trinajstić information content (AvgIpc) is 2.35. The Bertz CT molecular complexity index is 318. The molecule has 1 rings (SSSR count). The van der Waals surface area contributed by atoms with Gasteiger partial charge in [-0.25, -0.2) is 4.79 Å². The van der Waals surface area contributed by atoms with Crippen LogP contribution in [0.1, 0.15) is 46.0 Å². The van der Waals surface area contributed by atoms with Gasteiger partial charge in [0.15, 0.2) is 0 Å². The summed E-state index contributed by atoms with van der Waals surface area (Å²) in [5, 5.41) is 6.21. The van der Waals surface area contributed by atoms with Gasteiger partial charge < -0.3 is 10.1 Å². The topological polar surface area (TPSA) is 87.1 Å². The zero-order valence-electron chi connectivity index (χ0n) is 11.2. The van der Waals surface area contributed by atoms with E-state index in [1.165, 1.54) is 32.1 Å². The smallest absolute Gasteiger partial charge is 0.407 e. The summed E-state index contributed by atoms with van der Waals surface area (Å²) in [5.41, 5.74) is 7.48. The minimum Gasteiger partial charge on any atom is -0.443 e. The number of carbonyl (C=O) groups is 1. The Balaban J connectivity index is 2.25. The van der Waals surface area contributed by atoms with Crippen molar-refractivity contribution in [3.8, 4) is 0 Å². The molecule has 1 fully saturated rings. The summed E-state index contributed by atoms with van der Waals surface area (Å²) in [4.78, 5) is 14.3. The van der Waals surface area contributed by atoms with Crippen LogP contribution in [-0.2, 0) is 4.74 Å². The lowest BCUT2D eigenvalue weighted by atomic mass is 9.89. The summed E-state index contributed by atoms with van der Waals surface area (Å²) in [6.07, 6.45) is 5.75. The molecule has 1 aliphatic carbocycles. The van der Waals surface area contributed by atoms with Gasteiger partial charge in [0, 0.05) is 11.5 Å². The fourth-order valence-corrected chi connectivity index (χ4v) is 2.14. The summed E-state index contributed by atoms with van der Waals surface area (Å²) in [6.45, 7) is 4.26. The lowest BCUT2D eigenvalue weighted by molar-refractivity contribution is 0.0443. The molecule has 1 saturated carbocycles. The monoisotopic (exact) mass is 254 g/mol. The average molecular weight is 254 g/mol. The first kappa shape index (κ1) is 14.6. The van der Waals surface area contributed by atoms with E-state index in [9.17, 15) is 4.79 Å². The molecule has 18 heavy (non-hydrogen) atoms. The van der Waals surface area contributed by atoms with Gasteiger partial charge in [0.2, 0.25) is 0 Å². The Morgan fingerprint density at radius 2 is 2.11 bits per heavy atom. The standard InChI is InChI=1S/C12H22N4O2/c1-12(2,9-15-16-13)18-11(17)14-8-10-6-4-3-5-7-10/h10H,3-9H2,1-2H3,(H,14,17). The van der Waals surface area contributed by atoms with Gasteiger partial charge in [-0.15, -0.1) is 0 Å². The first-order valence-electron chi connectivity index (χ1n) is 6.51. The van der Waals surface area contributed by atoms with Crippen molar-refractivity contribution in [2.75, 3.05) is 13.1 Å². The Morgan fingerprint density at radius 1 is 1.44 bits per heavy atom. The van der Waals surface area contributed by atoms with Crippen molar-refractivity contribution >= 4 is 6.09 Å². The predicted octanol–water partition coefficient (Wildman–Crippen LogP) is 3.38. The van der Waals surface area contributed by atoms with Crippen LogP contribution in [-0.4, -0.2) is 24.8 Å². The number of hydrogen-bond donors (Lipinski definition) is 1. The van der Waals surface area contributed by atoms with Gasteiger partial charge in [-0.2, -0.15) is 0 Å². The van der Waals surface area contributed by atoms with Crippen LogP contribution in [0.25, 0.3) is 10.4 Å². The van der Waals surface area contributed by atoms with Crippen LogP contribution >= 0.6 is 0 Å². The number of ether oxygens (including phenoxy) is 1. The molecule has 0 aliphatic heterocycles. The molecular weight excluding hydrogens is 232 g/mol. The Morgan fingerprint density at radius 3 is 2.72 bits per heavy atom. The number of amides is 1. The van der Waals surface area contributed by atoms with Gasteiger partial charge in [0.25, 0.3) is 0 Å². The lowest BCUT2D eigenvalue weighted by Gasteiger charge is -2.25. The van der Waals surface area contributed by atoms with E-state index in [4.69, 9.17) is 10.3 Å². The molecule has 1 amide bonds. The van der Waals surface area contributed by atoms with Crippen molar-refractivity contribution in [2.45, 2.75) is 51.6 Å². The molecule has 1 aliphatic rings. The highest BCUT2D eigenvalue weighted by atomic mass is 16.6. The van der Waals surface area contributed by atoms with Crippen LogP contribution in [0.4, 0.5) is 4.79 Å². The van der Waals surface area contributed by atoms with Gasteiger partial charge in [0.1, 0.15) is 5.60 Å². The van der Waals surface area contributed by atoms with Crippen molar-refractivity contribution in [1.29, 1.82) is 0 Å². The number of rotatable bonds is 5. The Hall–Kier alpha value is -1.42. The van der Waals surface area contributed by atoms with Gasteiger partial charge >= 0.3 is 6.09 Å². The third-order valence-corrected chi connectivity index (χ3v) is 3.14. The highest BCUT2D eigenvalue weighted by Gasteiger charge is 2.22. The second-order valence-electron chi connectivity index (χ2n) is 5.42. The first-order valence-corrected chi connectivity index (χ1v) is 6.51. The SMILES string of the molecule is CC(C)(CN=[N+]=[N-])OC(=O)NCC1CCCCC1. The van der Waals surface area contributed by atoms with Crippen LogP contribution in [0.3, 0.4) is 0 Å². The number of nitrogens with one attached hydrogen (secondary N) is 1. The molecule has 0 saturated heterocycles. The maximum absolute atomic E-state index is 11.6. The van der Waals surface area contributed by atoms with E-state index in [-0.39, 0.29) is 6.54 Å². The highest BCUT2D eigenvalue weighted by molar-refractivity contribution is 5.67. The van der Waals surface area contributed by atoms with Crippen LogP contribution < -0.4 is 5.32 Å². The second-order valence-corrected chi connectivity index (χ2v) is 5.42. The fraction of sp³-hybridized carbons (Fsp3) is 0.917. The van der Waals surface area contributed by atoms with Gasteiger partial charge in [-0.3, -0.25) is 0 Å². The van der Waals surface area contributed by atoms with Crippen molar-refractivity contribution in [3.05, 3.63) is 10.4 Å². The Labute approximate surface area is 108 Å². The van der Waals surface area contributed by atoms with E-state index in [0.717, 1.165) is 0 Å². The molecule has 1 N–H and O–H groups in total. The van der Waals surface area contributed by atoms with Crippen LogP contribution in [0.15, 0.2) is 5.11 Å². The molecule has 0 bridgehead atoms. The van der Waals surface area contributed by atoms with Crippen molar-refractivity contribution in [2.24, 2.45) is 11.0 Å². The maximum Gasteiger partial charge on any atom is 0.407 e. The first-order chi connectivity index (χ1) is 8.53. The molecule has 0 radical (unpaired) electrons. The van der Waals surface area contributed by atoms with Crippen LogP contribution in [0, 0.1) is 5.92 Å². The van der Waals surface area contributed by atoms with E-state index in [1.54, 1.807) is 13.8 Å². The summed E-state index contributed by atoms with van der Waals surface area (Å²) >= 11 is 0. The van der Waals surface area contributed by atoms with E-state index in [0.29, 0.717) is 12.5 Å². The molecule has 0 aromatic heterocycles. The number of hydrogen-bond acceptors (Lipinski definition) is 3. The maximum atomic E-state index is 11.6. The molecule has 0 unspecified atom stereocenters. The molecular formula is C12H22N4O2. The molecule has 6 heteroatoms. The van der Waals surface area contributed by atoms with E-state index >= 15 is 0 Å². The van der Waals surface area contributed by atoms with E-state index in [2.05, 4.69) is 15.3 Å². The fourth-order valence-electron chi connectivity index (χ4n) is 2.14. The summed E-state index contributed by atoms with van der Waals surface area (Å²) in [6, 6.07) is 0. The molecule has 6 nitrogen and oxygen atoms in total. The third-order valence-electron chi connectivity index (χ3n) is 3.14. The number of nitrogens with zero attached hydrogens (tertiary/aromatic N) is 3. The molecule has 102 valence electrons. The zero-order valence-corrected chi connectivity index (χ0v) is 11.2. The number of alkyl carbamates (subject to hydrolysis) is 1. The van der Waals surface area contributed by atoms with E-state index in [1.807, 2.05) is 0 Å². The molecule has 0 aromatic carbocycles. The molecule has 0 atom stereocenters. The third kappa shape index (κ3) is 5.77. The predicted molar refractivity (Wildman–Crippen MR) is 69.2 cm³/mol. The largest absolute Gasteiger partial charge is 0.443 e. The zero-order chi connectivity index (χ0) is 13.4. The lowest BCUT2D eigenvalue weighted by Crippen LogP contribution is -2.38. The highest BCUT2D eigenvalue weighted by Crippen LogP contribution is 2.22. The molecule has 0 aromatic rings. The normalized spacial score (nSPS) is 16.8. The van der Waals surface area contributed by atoms with Crippen LogP contribution in [0.2, 0.25) is 0 Å². The summed E-state index contributed by atoms with van der Waals surface area (Å²) < 4.78 is 5.22. The van der Waals surface area contributed by atoms with Crippen LogP contribution in [0.5, 0.6) is 0 Å². The minimum absolute atomic E-state index is 0.139. The van der Waals surface area contributed by atoms with Crippen molar-refractivity contribution in [3.63, 3.8) is 0 Å². The quantitative estimate of drug-likeness (QED) is 0.463.